The number of ether oxygens (including phenoxy) is 1. The zero-order chi connectivity index (χ0) is 29.3. The molecule has 210 valence electrons. The lowest BCUT2D eigenvalue weighted by Gasteiger charge is -2.31. The molecule has 1 aromatic heterocycles. The number of primary amides is 1. The van der Waals surface area contributed by atoms with Crippen molar-refractivity contribution in [1.29, 1.82) is 0 Å². The Morgan fingerprint density at radius 2 is 1.56 bits per heavy atom. The van der Waals surface area contributed by atoms with E-state index in [1.54, 1.807) is 99.8 Å². The summed E-state index contributed by atoms with van der Waals surface area (Å²) in [6.45, 7) is 3.49. The van der Waals surface area contributed by atoms with Gasteiger partial charge in [-0.05, 0) is 67.4 Å². The van der Waals surface area contributed by atoms with Gasteiger partial charge < -0.3 is 25.1 Å². The minimum atomic E-state index is -1.16. The van der Waals surface area contributed by atoms with Crippen LogP contribution in [0.25, 0.3) is 0 Å². The van der Waals surface area contributed by atoms with Crippen LogP contribution < -0.4 is 15.8 Å². The third-order valence-electron chi connectivity index (χ3n) is 7.54. The number of rotatable bonds is 7. The number of anilines is 1. The van der Waals surface area contributed by atoms with Gasteiger partial charge in [0.25, 0.3) is 0 Å². The number of carbonyl (C=O) groups is 3. The maximum atomic E-state index is 14.5. The van der Waals surface area contributed by atoms with Crippen LogP contribution in [-0.2, 0) is 4.79 Å². The van der Waals surface area contributed by atoms with E-state index in [-0.39, 0.29) is 5.78 Å². The first-order chi connectivity index (χ1) is 19.7. The Morgan fingerprint density at radius 3 is 2.12 bits per heavy atom. The summed E-state index contributed by atoms with van der Waals surface area (Å²) < 4.78 is 11.0. The summed E-state index contributed by atoms with van der Waals surface area (Å²) in [6, 6.07) is 22.0. The van der Waals surface area contributed by atoms with Gasteiger partial charge in [0.2, 0.25) is 5.91 Å². The van der Waals surface area contributed by atoms with Crippen LogP contribution in [0.2, 0.25) is 5.02 Å². The zero-order valence-corrected chi connectivity index (χ0v) is 23.6. The van der Waals surface area contributed by atoms with Crippen LogP contribution in [-0.4, -0.2) is 35.8 Å². The second kappa shape index (κ2) is 11.5. The van der Waals surface area contributed by atoms with Crippen molar-refractivity contribution in [2.45, 2.75) is 31.8 Å². The molecule has 9 heteroatoms. The number of Topliss-reactive ketones (excluding diaryl/α,β-unsaturated/α-hetero) is 1. The number of halogens is 1. The first kappa shape index (κ1) is 28.0. The van der Waals surface area contributed by atoms with Gasteiger partial charge in [-0.15, -0.1) is 0 Å². The number of carbonyl (C=O) groups excluding carboxylic acids is 3. The van der Waals surface area contributed by atoms with Crippen molar-refractivity contribution in [1.82, 2.24) is 4.90 Å². The molecule has 2 heterocycles. The fraction of sp³-hybridized carbons (Fsp3) is 0.219. The molecule has 8 nitrogen and oxygen atoms in total. The number of benzene rings is 3. The highest BCUT2D eigenvalue weighted by Crippen LogP contribution is 2.52. The number of hydrogen-bond acceptors (Lipinski definition) is 5. The number of urea groups is 1. The predicted octanol–water partition coefficient (Wildman–Crippen LogP) is 6.28. The minimum Gasteiger partial charge on any atom is -0.497 e. The molecule has 4 atom stereocenters. The summed E-state index contributed by atoms with van der Waals surface area (Å²) in [5, 5.41) is 3.38. The van der Waals surface area contributed by atoms with Gasteiger partial charge in [-0.1, -0.05) is 54.1 Å². The van der Waals surface area contributed by atoms with Crippen molar-refractivity contribution in [3.63, 3.8) is 0 Å². The van der Waals surface area contributed by atoms with Gasteiger partial charge in [0.15, 0.2) is 5.78 Å². The number of nitrogens with zero attached hydrogens (tertiary/aromatic N) is 1. The van der Waals surface area contributed by atoms with Crippen LogP contribution in [0.3, 0.4) is 0 Å². The smallest absolute Gasteiger partial charge is 0.323 e. The lowest BCUT2D eigenvalue weighted by Crippen LogP contribution is -2.48. The molecule has 0 bridgehead atoms. The maximum absolute atomic E-state index is 14.5. The van der Waals surface area contributed by atoms with E-state index >= 15 is 0 Å². The number of likely N-dealkylation sites (tertiary alicyclic amines) is 1. The lowest BCUT2D eigenvalue weighted by molar-refractivity contribution is -0.122. The van der Waals surface area contributed by atoms with Crippen LogP contribution in [0.4, 0.5) is 10.5 Å². The first-order valence-corrected chi connectivity index (χ1v) is 13.5. The Morgan fingerprint density at radius 1 is 0.927 bits per heavy atom. The van der Waals surface area contributed by atoms with E-state index in [1.807, 2.05) is 6.07 Å². The van der Waals surface area contributed by atoms with Crippen molar-refractivity contribution >= 4 is 35.0 Å². The lowest BCUT2D eigenvalue weighted by atomic mass is 9.76. The highest BCUT2D eigenvalue weighted by Gasteiger charge is 2.57. The average Bonchev–Trinajstić information content (AvgIpc) is 3.50. The van der Waals surface area contributed by atoms with Gasteiger partial charge in [-0.3, -0.25) is 9.59 Å². The molecule has 0 saturated carbocycles. The molecule has 4 aromatic rings. The third-order valence-corrected chi connectivity index (χ3v) is 7.79. The SMILES string of the molecule is COc1ccc(C2C(C(=O)c3cc(C)oc3C)C(c3ccc(Cl)cc3)N(C(=O)Nc3ccccc3)C2C(N)=O)cc1. The number of ketones is 1. The molecule has 3 N–H and O–H groups in total. The fourth-order valence-electron chi connectivity index (χ4n) is 5.79. The van der Waals surface area contributed by atoms with E-state index in [0.29, 0.717) is 44.7 Å². The van der Waals surface area contributed by atoms with Crippen LogP contribution in [0.5, 0.6) is 5.75 Å². The van der Waals surface area contributed by atoms with E-state index in [1.165, 1.54) is 4.90 Å². The largest absolute Gasteiger partial charge is 0.497 e. The van der Waals surface area contributed by atoms with Crippen LogP contribution >= 0.6 is 11.6 Å². The zero-order valence-electron chi connectivity index (χ0n) is 22.8. The topological polar surface area (TPSA) is 115 Å². The van der Waals surface area contributed by atoms with Crippen LogP contribution in [0.15, 0.2) is 89.3 Å². The summed E-state index contributed by atoms with van der Waals surface area (Å²) in [5.41, 5.74) is 8.29. The molecule has 3 amide bonds. The number of furan rings is 1. The van der Waals surface area contributed by atoms with Crippen molar-refractivity contribution in [3.8, 4) is 5.75 Å². The average molecular weight is 572 g/mol. The number of nitrogens with two attached hydrogens (primary N) is 1. The maximum Gasteiger partial charge on any atom is 0.323 e. The fourth-order valence-corrected chi connectivity index (χ4v) is 5.92. The second-order valence-corrected chi connectivity index (χ2v) is 10.5. The van der Waals surface area contributed by atoms with Gasteiger partial charge in [0, 0.05) is 16.6 Å². The predicted molar refractivity (Wildman–Crippen MR) is 156 cm³/mol. The Kier molecular flexibility index (Phi) is 7.85. The number of hydrogen-bond donors (Lipinski definition) is 2. The van der Waals surface area contributed by atoms with E-state index < -0.39 is 35.9 Å². The Labute approximate surface area is 243 Å². The number of methoxy groups -OCH3 is 1. The quantitative estimate of drug-likeness (QED) is 0.253. The van der Waals surface area contributed by atoms with Crippen LogP contribution in [0.1, 0.15) is 45.0 Å². The van der Waals surface area contributed by atoms with Gasteiger partial charge in [-0.2, -0.15) is 0 Å². The Bertz CT molecular complexity index is 1570. The third kappa shape index (κ3) is 5.43. The molecule has 0 aliphatic carbocycles. The summed E-state index contributed by atoms with van der Waals surface area (Å²) in [5.74, 6) is -1.01. The molecule has 41 heavy (non-hydrogen) atoms. The van der Waals surface area contributed by atoms with Crippen molar-refractivity contribution in [2.75, 3.05) is 12.4 Å². The van der Waals surface area contributed by atoms with Gasteiger partial charge in [-0.25, -0.2) is 4.79 Å². The monoisotopic (exact) mass is 571 g/mol. The molecule has 0 spiro atoms. The van der Waals surface area contributed by atoms with E-state index in [2.05, 4.69) is 5.32 Å². The summed E-state index contributed by atoms with van der Waals surface area (Å²) in [7, 11) is 1.55. The molecular weight excluding hydrogens is 542 g/mol. The number of aryl methyl sites for hydroxylation is 2. The number of amides is 3. The summed E-state index contributed by atoms with van der Waals surface area (Å²) in [6.07, 6.45) is 0. The molecule has 1 saturated heterocycles. The normalized spacial score (nSPS) is 20.0. The van der Waals surface area contributed by atoms with E-state index in [4.69, 9.17) is 26.5 Å². The molecule has 1 fully saturated rings. The van der Waals surface area contributed by atoms with Crippen molar-refractivity contribution < 1.29 is 23.5 Å². The minimum absolute atomic E-state index is 0.263. The molecular formula is C32H30ClN3O5. The standard InChI is InChI=1S/C32H30ClN3O5/c1-18-17-25(19(2)41-18)30(37)27-26(20-11-15-24(40-3)16-12-20)29(31(34)38)36(28(27)21-9-13-22(33)14-10-21)32(39)35-23-7-5-4-6-8-23/h4-17,26-29H,1-3H3,(H2,34,38)(H,35,39). The van der Waals surface area contributed by atoms with Gasteiger partial charge in [0.1, 0.15) is 23.3 Å². The Hall–Kier alpha value is -4.56. The van der Waals surface area contributed by atoms with Crippen LogP contribution in [0, 0.1) is 19.8 Å². The number of nitrogens with one attached hydrogen (secondary N) is 1. The molecule has 0 radical (unpaired) electrons. The molecule has 3 aromatic carbocycles. The molecule has 4 unspecified atom stereocenters. The highest BCUT2D eigenvalue weighted by molar-refractivity contribution is 6.30. The van der Waals surface area contributed by atoms with Gasteiger partial charge in [0.05, 0.1) is 24.6 Å². The first-order valence-electron chi connectivity index (χ1n) is 13.1. The number of para-hydroxylation sites is 1. The molecule has 5 rings (SSSR count). The van der Waals surface area contributed by atoms with Gasteiger partial charge >= 0.3 is 6.03 Å². The van der Waals surface area contributed by atoms with Crippen molar-refractivity contribution in [2.24, 2.45) is 11.7 Å². The Balaban J connectivity index is 1.73. The summed E-state index contributed by atoms with van der Waals surface area (Å²) >= 11 is 6.22. The van der Waals surface area contributed by atoms with Crippen molar-refractivity contribution in [3.05, 3.63) is 118 Å². The van der Waals surface area contributed by atoms with E-state index in [0.717, 1.165) is 0 Å². The summed E-state index contributed by atoms with van der Waals surface area (Å²) in [4.78, 5) is 43.3. The second-order valence-electron chi connectivity index (χ2n) is 10.1. The highest BCUT2D eigenvalue weighted by atomic mass is 35.5. The van der Waals surface area contributed by atoms with E-state index in [9.17, 15) is 14.4 Å². The molecule has 1 aliphatic heterocycles. The molecule has 1 aliphatic rings.